The Hall–Kier alpha value is -0.840. The highest BCUT2D eigenvalue weighted by molar-refractivity contribution is 6.33. The number of aliphatic hydroxyl groups excluding tert-OH is 1. The molecule has 84 valence electrons. The van der Waals surface area contributed by atoms with Crippen LogP contribution in [0.4, 0.5) is 5.82 Å². The average molecular weight is 231 g/mol. The third-order valence-corrected chi connectivity index (χ3v) is 2.33. The van der Waals surface area contributed by atoms with Crippen LogP contribution in [0.2, 0.25) is 5.02 Å². The van der Waals surface area contributed by atoms with E-state index >= 15 is 0 Å². The fourth-order valence-corrected chi connectivity index (χ4v) is 1.51. The van der Waals surface area contributed by atoms with E-state index < -0.39 is 0 Å². The van der Waals surface area contributed by atoms with Crippen LogP contribution in [-0.2, 0) is 11.3 Å². The fourth-order valence-electron chi connectivity index (χ4n) is 1.17. The molecule has 0 aliphatic rings. The highest BCUT2D eigenvalue weighted by Gasteiger charge is 2.07. The van der Waals surface area contributed by atoms with Gasteiger partial charge < -0.3 is 14.7 Å². The molecule has 0 amide bonds. The van der Waals surface area contributed by atoms with E-state index in [2.05, 4.69) is 4.98 Å². The molecule has 1 aromatic rings. The minimum atomic E-state index is -0.0468. The molecule has 0 aromatic carbocycles. The van der Waals surface area contributed by atoms with Gasteiger partial charge in [0.15, 0.2) is 0 Å². The van der Waals surface area contributed by atoms with Crippen molar-refractivity contribution in [2.45, 2.75) is 6.61 Å². The maximum atomic E-state index is 8.90. The number of methoxy groups -OCH3 is 1. The number of ether oxygens (including phenoxy) is 1. The Morgan fingerprint density at radius 3 is 2.87 bits per heavy atom. The van der Waals surface area contributed by atoms with Crippen LogP contribution in [0.25, 0.3) is 0 Å². The van der Waals surface area contributed by atoms with E-state index in [1.807, 2.05) is 11.9 Å². The summed E-state index contributed by atoms with van der Waals surface area (Å²) in [5.41, 5.74) is 0.712. The second-order valence-electron chi connectivity index (χ2n) is 3.22. The van der Waals surface area contributed by atoms with Gasteiger partial charge in [0.2, 0.25) is 0 Å². The van der Waals surface area contributed by atoms with Crippen LogP contribution in [0.5, 0.6) is 0 Å². The first-order valence-corrected chi connectivity index (χ1v) is 5.02. The summed E-state index contributed by atoms with van der Waals surface area (Å²) in [6.45, 7) is 1.30. The SMILES string of the molecule is COCCN(C)c1ncc(CO)cc1Cl. The molecule has 0 unspecified atom stereocenters. The van der Waals surface area contributed by atoms with E-state index in [1.165, 1.54) is 0 Å². The average Bonchev–Trinajstić information content (AvgIpc) is 2.25. The molecule has 0 spiro atoms. The van der Waals surface area contributed by atoms with Gasteiger partial charge in [0.25, 0.3) is 0 Å². The molecule has 0 aliphatic heterocycles. The summed E-state index contributed by atoms with van der Waals surface area (Å²) in [7, 11) is 3.55. The third-order valence-electron chi connectivity index (χ3n) is 2.05. The van der Waals surface area contributed by atoms with E-state index in [-0.39, 0.29) is 6.61 Å². The summed E-state index contributed by atoms with van der Waals surface area (Å²) >= 11 is 6.03. The predicted molar refractivity (Wildman–Crippen MR) is 60.3 cm³/mol. The second kappa shape index (κ2) is 5.90. The fraction of sp³-hybridized carbons (Fsp3) is 0.500. The summed E-state index contributed by atoms with van der Waals surface area (Å²) in [6, 6.07) is 1.72. The normalized spacial score (nSPS) is 10.4. The minimum absolute atomic E-state index is 0.0468. The van der Waals surface area contributed by atoms with Gasteiger partial charge in [0.05, 0.1) is 18.2 Å². The largest absolute Gasteiger partial charge is 0.392 e. The predicted octanol–water partition coefficient (Wildman–Crippen LogP) is 1.31. The van der Waals surface area contributed by atoms with Gasteiger partial charge in [-0.2, -0.15) is 0 Å². The summed E-state index contributed by atoms with van der Waals surface area (Å²) in [5, 5.41) is 9.44. The Morgan fingerprint density at radius 1 is 1.60 bits per heavy atom. The Bertz CT molecular complexity index is 320. The van der Waals surface area contributed by atoms with Gasteiger partial charge in [-0.3, -0.25) is 0 Å². The molecular formula is C10H15ClN2O2. The number of pyridine rings is 1. The quantitative estimate of drug-likeness (QED) is 0.829. The molecule has 0 saturated heterocycles. The van der Waals surface area contributed by atoms with E-state index in [0.717, 1.165) is 6.54 Å². The molecule has 0 aliphatic carbocycles. The molecule has 5 heteroatoms. The van der Waals surface area contributed by atoms with E-state index in [0.29, 0.717) is 23.0 Å². The molecular weight excluding hydrogens is 216 g/mol. The standard InChI is InChI=1S/C10H15ClN2O2/c1-13(3-4-15-2)10-9(11)5-8(7-14)6-12-10/h5-6,14H,3-4,7H2,1-2H3. The van der Waals surface area contributed by atoms with Crippen LogP contribution in [0.3, 0.4) is 0 Å². The van der Waals surface area contributed by atoms with Crippen LogP contribution in [-0.4, -0.2) is 37.4 Å². The second-order valence-corrected chi connectivity index (χ2v) is 3.63. The molecule has 0 radical (unpaired) electrons. The van der Waals surface area contributed by atoms with Gasteiger partial charge in [0.1, 0.15) is 5.82 Å². The lowest BCUT2D eigenvalue weighted by atomic mass is 10.3. The molecule has 4 nitrogen and oxygen atoms in total. The third kappa shape index (κ3) is 3.34. The lowest BCUT2D eigenvalue weighted by Gasteiger charge is -2.18. The van der Waals surface area contributed by atoms with Crippen molar-refractivity contribution in [3.63, 3.8) is 0 Å². The molecule has 15 heavy (non-hydrogen) atoms. The topological polar surface area (TPSA) is 45.6 Å². The Morgan fingerprint density at radius 2 is 2.33 bits per heavy atom. The smallest absolute Gasteiger partial charge is 0.147 e. The van der Waals surface area contributed by atoms with Crippen LogP contribution < -0.4 is 4.90 Å². The molecule has 0 atom stereocenters. The van der Waals surface area contributed by atoms with Gasteiger partial charge in [-0.25, -0.2) is 4.98 Å². The van der Waals surface area contributed by atoms with Crippen LogP contribution in [0.1, 0.15) is 5.56 Å². The van der Waals surface area contributed by atoms with Crippen LogP contribution in [0.15, 0.2) is 12.3 Å². The van der Waals surface area contributed by atoms with Crippen molar-refractivity contribution in [1.82, 2.24) is 4.98 Å². The lowest BCUT2D eigenvalue weighted by Crippen LogP contribution is -2.23. The Kier molecular flexibility index (Phi) is 4.81. The molecule has 0 saturated carbocycles. The van der Waals surface area contributed by atoms with Crippen LogP contribution in [0, 0.1) is 0 Å². The molecule has 0 bridgehead atoms. The summed E-state index contributed by atoms with van der Waals surface area (Å²) in [5.74, 6) is 0.700. The van der Waals surface area contributed by atoms with Crippen molar-refractivity contribution >= 4 is 17.4 Å². The number of anilines is 1. The zero-order chi connectivity index (χ0) is 11.3. The van der Waals surface area contributed by atoms with Crippen LogP contribution >= 0.6 is 11.6 Å². The highest BCUT2D eigenvalue weighted by Crippen LogP contribution is 2.22. The van der Waals surface area contributed by atoms with Gasteiger partial charge in [-0.1, -0.05) is 11.6 Å². The highest BCUT2D eigenvalue weighted by atomic mass is 35.5. The van der Waals surface area contributed by atoms with Gasteiger partial charge in [-0.15, -0.1) is 0 Å². The molecule has 0 fully saturated rings. The van der Waals surface area contributed by atoms with Crippen molar-refractivity contribution in [2.24, 2.45) is 0 Å². The molecule has 1 aromatic heterocycles. The summed E-state index contributed by atoms with van der Waals surface area (Å²) < 4.78 is 4.97. The number of hydrogen-bond donors (Lipinski definition) is 1. The van der Waals surface area contributed by atoms with Gasteiger partial charge in [-0.05, 0) is 11.6 Å². The first kappa shape index (κ1) is 12.2. The molecule has 1 heterocycles. The monoisotopic (exact) mass is 230 g/mol. The number of hydrogen-bond acceptors (Lipinski definition) is 4. The van der Waals surface area contributed by atoms with Crippen molar-refractivity contribution < 1.29 is 9.84 Å². The van der Waals surface area contributed by atoms with Gasteiger partial charge in [0, 0.05) is 26.9 Å². The Balaban J connectivity index is 2.76. The number of aliphatic hydroxyl groups is 1. The van der Waals surface area contributed by atoms with Crippen molar-refractivity contribution in [3.8, 4) is 0 Å². The zero-order valence-electron chi connectivity index (χ0n) is 8.90. The van der Waals surface area contributed by atoms with Crippen molar-refractivity contribution in [1.29, 1.82) is 0 Å². The number of likely N-dealkylation sites (N-methyl/N-ethyl adjacent to an activating group) is 1. The lowest BCUT2D eigenvalue weighted by molar-refractivity contribution is 0.206. The van der Waals surface area contributed by atoms with Gasteiger partial charge >= 0.3 is 0 Å². The summed E-state index contributed by atoms with van der Waals surface area (Å²) in [4.78, 5) is 6.09. The van der Waals surface area contributed by atoms with E-state index in [4.69, 9.17) is 21.4 Å². The molecule has 1 N–H and O–H groups in total. The minimum Gasteiger partial charge on any atom is -0.392 e. The number of nitrogens with zero attached hydrogens (tertiary/aromatic N) is 2. The molecule has 1 rings (SSSR count). The number of aromatic nitrogens is 1. The van der Waals surface area contributed by atoms with Crippen molar-refractivity contribution in [2.75, 3.05) is 32.2 Å². The van der Waals surface area contributed by atoms with Crippen molar-refractivity contribution in [3.05, 3.63) is 22.8 Å². The van der Waals surface area contributed by atoms with E-state index in [9.17, 15) is 0 Å². The first-order chi connectivity index (χ1) is 7.19. The maximum Gasteiger partial charge on any atom is 0.147 e. The number of halogens is 1. The first-order valence-electron chi connectivity index (χ1n) is 4.64. The maximum absolute atomic E-state index is 8.90. The Labute approximate surface area is 94.4 Å². The zero-order valence-corrected chi connectivity index (χ0v) is 9.66. The summed E-state index contributed by atoms with van der Waals surface area (Å²) in [6.07, 6.45) is 1.62. The van der Waals surface area contributed by atoms with E-state index in [1.54, 1.807) is 19.4 Å². The number of rotatable bonds is 5.